The molecule has 11 rings (SSSR count). The lowest BCUT2D eigenvalue weighted by atomic mass is 9.93. The highest BCUT2D eigenvalue weighted by Gasteiger charge is 2.23. The Hall–Kier alpha value is -6.78. The summed E-state index contributed by atoms with van der Waals surface area (Å²) in [6, 6.07) is 57.7. The summed E-state index contributed by atoms with van der Waals surface area (Å²) in [5.41, 5.74) is 8.93. The van der Waals surface area contributed by atoms with E-state index < -0.39 is 0 Å². The molecule has 50 heavy (non-hydrogen) atoms. The molecule has 232 valence electrons. The third-order valence-corrected chi connectivity index (χ3v) is 10.2. The van der Waals surface area contributed by atoms with Crippen molar-refractivity contribution < 1.29 is 4.42 Å². The van der Waals surface area contributed by atoms with Gasteiger partial charge in [0, 0.05) is 38.1 Å². The van der Waals surface area contributed by atoms with Gasteiger partial charge in [-0.15, -0.1) is 0 Å². The number of aromatic nitrogens is 3. The molecule has 0 aliphatic carbocycles. The third-order valence-electron chi connectivity index (χ3n) is 10.2. The fourth-order valence-corrected chi connectivity index (χ4v) is 8.02. The van der Waals surface area contributed by atoms with Crippen LogP contribution >= 0.6 is 0 Å². The number of hydrogen-bond acceptors (Lipinski definition) is 3. The number of fused-ring (bicyclic) bond motifs is 11. The molecule has 0 aliphatic heterocycles. The Morgan fingerprint density at radius 1 is 0.440 bits per heavy atom. The van der Waals surface area contributed by atoms with Crippen LogP contribution in [0.2, 0.25) is 0 Å². The minimum Gasteiger partial charge on any atom is -0.455 e. The van der Waals surface area contributed by atoms with Crippen LogP contribution in [0, 0.1) is 0 Å². The van der Waals surface area contributed by atoms with Crippen LogP contribution in [-0.2, 0) is 0 Å². The lowest BCUT2D eigenvalue weighted by Gasteiger charge is -2.13. The Kier molecular flexibility index (Phi) is 5.63. The Balaban J connectivity index is 1.33. The van der Waals surface area contributed by atoms with E-state index in [9.17, 15) is 0 Å². The second kappa shape index (κ2) is 10.4. The second-order valence-corrected chi connectivity index (χ2v) is 12.9. The van der Waals surface area contributed by atoms with Crippen LogP contribution in [0.3, 0.4) is 0 Å². The van der Waals surface area contributed by atoms with Crippen molar-refractivity contribution >= 4 is 76.2 Å². The van der Waals surface area contributed by atoms with Gasteiger partial charge in [-0.2, -0.15) is 0 Å². The van der Waals surface area contributed by atoms with Crippen LogP contribution in [-0.4, -0.2) is 14.5 Å². The first-order valence-corrected chi connectivity index (χ1v) is 16.9. The van der Waals surface area contributed by atoms with E-state index in [0.29, 0.717) is 5.95 Å². The van der Waals surface area contributed by atoms with Crippen molar-refractivity contribution in [3.63, 3.8) is 0 Å². The molecule has 0 spiro atoms. The molecule has 0 saturated carbocycles. The van der Waals surface area contributed by atoms with Crippen molar-refractivity contribution in [2.45, 2.75) is 0 Å². The van der Waals surface area contributed by atoms with Gasteiger partial charge >= 0.3 is 0 Å². The van der Waals surface area contributed by atoms with Crippen LogP contribution in [0.4, 0.5) is 0 Å². The number of rotatable bonds is 3. The molecule has 0 N–H and O–H groups in total. The Morgan fingerprint density at radius 2 is 1.12 bits per heavy atom. The molecule has 0 unspecified atom stereocenters. The first-order chi connectivity index (χ1) is 24.8. The number of hydrogen-bond donors (Lipinski definition) is 0. The summed E-state index contributed by atoms with van der Waals surface area (Å²) in [7, 11) is 0. The van der Waals surface area contributed by atoms with Crippen LogP contribution < -0.4 is 0 Å². The van der Waals surface area contributed by atoms with Gasteiger partial charge in [-0.3, -0.25) is 4.57 Å². The lowest BCUT2D eigenvalue weighted by Crippen LogP contribution is -2.03. The molecule has 8 aromatic carbocycles. The smallest absolute Gasteiger partial charge is 0.235 e. The zero-order valence-corrected chi connectivity index (χ0v) is 26.8. The second-order valence-electron chi connectivity index (χ2n) is 12.9. The lowest BCUT2D eigenvalue weighted by molar-refractivity contribution is 0.670. The zero-order valence-electron chi connectivity index (χ0n) is 26.8. The average molecular weight is 638 g/mol. The third kappa shape index (κ3) is 3.81. The largest absolute Gasteiger partial charge is 0.455 e. The summed E-state index contributed by atoms with van der Waals surface area (Å²) in [5.74, 6) is 0.640. The summed E-state index contributed by atoms with van der Waals surface area (Å²) in [5, 5.41) is 10.4. The zero-order chi connectivity index (χ0) is 32.8. The first kappa shape index (κ1) is 27.2. The van der Waals surface area contributed by atoms with Gasteiger partial charge in [-0.25, -0.2) is 9.97 Å². The highest BCUT2D eigenvalue weighted by Crippen LogP contribution is 2.45. The summed E-state index contributed by atoms with van der Waals surface area (Å²) in [6.45, 7) is 0. The van der Waals surface area contributed by atoms with E-state index in [1.54, 1.807) is 0 Å². The quantitative estimate of drug-likeness (QED) is 0.194. The SMILES string of the molecule is c1ccc(-c2nc(-n3c4ccc5ccccc5c4c4c5ccccc5c(-c5cccc6c5oc5ccccc56)cc43)nc3ccccc23)cc1. The Bertz CT molecular complexity index is 3150. The fraction of sp³-hybridized carbons (Fsp3) is 0. The van der Waals surface area contributed by atoms with E-state index in [1.165, 1.54) is 32.3 Å². The number of benzene rings is 8. The molecular weight excluding hydrogens is 611 g/mol. The van der Waals surface area contributed by atoms with E-state index in [0.717, 1.165) is 66.3 Å². The van der Waals surface area contributed by atoms with Gasteiger partial charge in [-0.05, 0) is 51.4 Å². The van der Waals surface area contributed by atoms with Crippen LogP contribution in [0.25, 0.3) is 105 Å². The average Bonchev–Trinajstić information content (AvgIpc) is 3.74. The molecule has 4 heteroatoms. The van der Waals surface area contributed by atoms with Crippen molar-refractivity contribution in [1.82, 2.24) is 14.5 Å². The minimum atomic E-state index is 0.640. The van der Waals surface area contributed by atoms with Crippen molar-refractivity contribution in [1.29, 1.82) is 0 Å². The van der Waals surface area contributed by atoms with E-state index in [4.69, 9.17) is 14.4 Å². The summed E-state index contributed by atoms with van der Waals surface area (Å²) >= 11 is 0. The van der Waals surface area contributed by atoms with Gasteiger partial charge in [0.1, 0.15) is 11.2 Å². The molecule has 0 saturated heterocycles. The highest BCUT2D eigenvalue weighted by atomic mass is 16.3. The molecule has 3 heterocycles. The molecule has 0 amide bonds. The molecular formula is C46H27N3O. The summed E-state index contributed by atoms with van der Waals surface area (Å²) in [4.78, 5) is 10.7. The molecule has 11 aromatic rings. The van der Waals surface area contributed by atoms with Crippen LogP contribution in [0.15, 0.2) is 168 Å². The Morgan fingerprint density at radius 3 is 2.00 bits per heavy atom. The molecule has 3 aromatic heterocycles. The standard InChI is InChI=1S/C46H27N3O/c1-2-14-29(15-3-1)44-36-20-8-10-23-38(36)47-46(48-44)49-39-26-25-28-13-4-5-16-30(28)42(39)43-33-19-7-6-17-31(33)37(27-40(43)49)35-22-12-21-34-32-18-9-11-24-41(32)50-45(34)35/h1-27H. The van der Waals surface area contributed by atoms with Gasteiger partial charge in [0.25, 0.3) is 0 Å². The van der Waals surface area contributed by atoms with Gasteiger partial charge in [0.2, 0.25) is 5.95 Å². The molecule has 4 nitrogen and oxygen atoms in total. The fourth-order valence-electron chi connectivity index (χ4n) is 8.02. The van der Waals surface area contributed by atoms with Gasteiger partial charge in [0.15, 0.2) is 0 Å². The van der Waals surface area contributed by atoms with Crippen LogP contribution in [0.1, 0.15) is 0 Å². The predicted molar refractivity (Wildman–Crippen MR) is 207 cm³/mol. The molecule has 0 fully saturated rings. The number of para-hydroxylation sites is 3. The number of furan rings is 1. The van der Waals surface area contributed by atoms with Gasteiger partial charge in [0.05, 0.1) is 22.2 Å². The molecule has 0 atom stereocenters. The predicted octanol–water partition coefficient (Wildman–Crippen LogP) is 12.3. The van der Waals surface area contributed by atoms with Crippen molar-refractivity contribution in [2.24, 2.45) is 0 Å². The normalized spacial score (nSPS) is 12.0. The Labute approximate surface area is 286 Å². The maximum absolute atomic E-state index is 6.61. The first-order valence-electron chi connectivity index (χ1n) is 16.9. The maximum Gasteiger partial charge on any atom is 0.235 e. The summed E-state index contributed by atoms with van der Waals surface area (Å²) < 4.78 is 8.88. The van der Waals surface area contributed by atoms with E-state index in [2.05, 4.69) is 144 Å². The maximum atomic E-state index is 6.61. The van der Waals surface area contributed by atoms with E-state index >= 15 is 0 Å². The molecule has 0 aliphatic rings. The van der Waals surface area contributed by atoms with Crippen molar-refractivity contribution in [3.8, 4) is 28.3 Å². The topological polar surface area (TPSA) is 43.9 Å². The van der Waals surface area contributed by atoms with E-state index in [1.807, 2.05) is 24.3 Å². The van der Waals surface area contributed by atoms with E-state index in [-0.39, 0.29) is 0 Å². The van der Waals surface area contributed by atoms with Crippen molar-refractivity contribution in [3.05, 3.63) is 164 Å². The van der Waals surface area contributed by atoms with Gasteiger partial charge in [-0.1, -0.05) is 140 Å². The van der Waals surface area contributed by atoms with Crippen LogP contribution in [0.5, 0.6) is 0 Å². The number of nitrogens with zero attached hydrogens (tertiary/aromatic N) is 3. The minimum absolute atomic E-state index is 0.640. The monoisotopic (exact) mass is 637 g/mol. The molecule has 0 radical (unpaired) electrons. The molecule has 0 bridgehead atoms. The van der Waals surface area contributed by atoms with Gasteiger partial charge < -0.3 is 4.42 Å². The van der Waals surface area contributed by atoms with Crippen molar-refractivity contribution in [2.75, 3.05) is 0 Å². The highest BCUT2D eigenvalue weighted by molar-refractivity contribution is 6.30. The summed E-state index contributed by atoms with van der Waals surface area (Å²) in [6.07, 6.45) is 0.